The summed E-state index contributed by atoms with van der Waals surface area (Å²) >= 11 is 0. The van der Waals surface area contributed by atoms with Crippen molar-refractivity contribution in [3.8, 4) is 0 Å². The monoisotopic (exact) mass is 263 g/mol. The Kier molecular flexibility index (Phi) is 4.17. The van der Waals surface area contributed by atoms with Crippen LogP contribution in [0.4, 0.5) is 0 Å². The minimum Gasteiger partial charge on any atom is -0.299 e. The van der Waals surface area contributed by atoms with Crippen LogP contribution in [0.2, 0.25) is 0 Å². The molecule has 2 unspecified atom stereocenters. The Bertz CT molecular complexity index is 407. The van der Waals surface area contributed by atoms with Crippen LogP contribution in [0.3, 0.4) is 0 Å². The molecule has 0 radical (unpaired) electrons. The number of hydrogen-bond acceptors (Lipinski definition) is 3. The molecule has 0 N–H and O–H groups in total. The van der Waals surface area contributed by atoms with Crippen molar-refractivity contribution in [2.45, 2.75) is 39.5 Å². The molecule has 2 aliphatic rings. The van der Waals surface area contributed by atoms with Crippen LogP contribution in [0.1, 0.15) is 39.5 Å². The van der Waals surface area contributed by atoms with Gasteiger partial charge in [0, 0.05) is 30.5 Å². The van der Waals surface area contributed by atoms with Crippen LogP contribution in [0.15, 0.2) is 12.2 Å². The second-order valence-electron chi connectivity index (χ2n) is 5.91. The molecule has 0 saturated heterocycles. The van der Waals surface area contributed by atoms with E-state index < -0.39 is 0 Å². The molecule has 0 spiro atoms. The van der Waals surface area contributed by atoms with Gasteiger partial charge in [0.15, 0.2) is 0 Å². The Morgan fingerprint density at radius 3 is 2.47 bits per heavy atom. The number of imide groups is 1. The summed E-state index contributed by atoms with van der Waals surface area (Å²) in [4.78, 5) is 36.4. The van der Waals surface area contributed by atoms with E-state index in [0.717, 1.165) is 25.7 Å². The van der Waals surface area contributed by atoms with E-state index in [0.29, 0.717) is 12.3 Å². The third kappa shape index (κ3) is 3.11. The normalized spacial score (nSPS) is 27.4. The fourth-order valence-electron chi connectivity index (χ4n) is 3.06. The molecule has 0 aromatic carbocycles. The van der Waals surface area contributed by atoms with Crippen molar-refractivity contribution in [1.29, 1.82) is 0 Å². The van der Waals surface area contributed by atoms with Crippen molar-refractivity contribution in [3.05, 3.63) is 12.2 Å². The molecule has 4 nitrogen and oxygen atoms in total. The number of carbonyl (C=O) groups excluding carboxylic acids is 3. The highest BCUT2D eigenvalue weighted by atomic mass is 16.2. The highest BCUT2D eigenvalue weighted by Crippen LogP contribution is 2.32. The summed E-state index contributed by atoms with van der Waals surface area (Å²) in [5, 5.41) is 0. The molecule has 2 atom stereocenters. The zero-order valence-corrected chi connectivity index (χ0v) is 11.6. The standard InChI is InChI=1S/C15H21NO3/c1-10(2)15(19)12-5-3-4-11(8-12)9-16-13(17)6-7-14(16)18/h6-7,10-12H,3-5,8-9H2,1-2H3. The Labute approximate surface area is 113 Å². The topological polar surface area (TPSA) is 54.5 Å². The van der Waals surface area contributed by atoms with Crippen LogP contribution in [-0.4, -0.2) is 29.0 Å². The van der Waals surface area contributed by atoms with E-state index in [9.17, 15) is 14.4 Å². The molecule has 1 aliphatic carbocycles. The Hall–Kier alpha value is -1.45. The lowest BCUT2D eigenvalue weighted by Gasteiger charge is -2.31. The van der Waals surface area contributed by atoms with E-state index in [1.807, 2.05) is 13.8 Å². The van der Waals surface area contributed by atoms with E-state index in [-0.39, 0.29) is 29.6 Å². The van der Waals surface area contributed by atoms with Crippen molar-refractivity contribution >= 4 is 17.6 Å². The molecule has 1 fully saturated rings. The lowest BCUT2D eigenvalue weighted by atomic mass is 9.77. The van der Waals surface area contributed by atoms with Crippen molar-refractivity contribution in [1.82, 2.24) is 4.90 Å². The summed E-state index contributed by atoms with van der Waals surface area (Å²) in [7, 11) is 0. The number of rotatable bonds is 4. The molecule has 0 aromatic rings. The Balaban J connectivity index is 1.93. The Morgan fingerprint density at radius 1 is 1.26 bits per heavy atom. The fourth-order valence-corrected chi connectivity index (χ4v) is 3.06. The molecule has 19 heavy (non-hydrogen) atoms. The molecule has 104 valence electrons. The van der Waals surface area contributed by atoms with Gasteiger partial charge < -0.3 is 0 Å². The average molecular weight is 263 g/mol. The van der Waals surface area contributed by atoms with Gasteiger partial charge in [-0.15, -0.1) is 0 Å². The lowest BCUT2D eigenvalue weighted by Crippen LogP contribution is -2.37. The van der Waals surface area contributed by atoms with Gasteiger partial charge in [0.2, 0.25) is 0 Å². The minimum absolute atomic E-state index is 0.0699. The second kappa shape index (κ2) is 5.68. The number of Topliss-reactive ketones (excluding diaryl/α,β-unsaturated/α-hetero) is 1. The van der Waals surface area contributed by atoms with E-state index in [1.54, 1.807) is 0 Å². The third-order valence-corrected chi connectivity index (χ3v) is 4.10. The number of amides is 2. The van der Waals surface area contributed by atoms with Crippen molar-refractivity contribution < 1.29 is 14.4 Å². The summed E-state index contributed by atoms with van der Waals surface area (Å²) in [6, 6.07) is 0. The number of carbonyl (C=O) groups is 3. The average Bonchev–Trinajstić information content (AvgIpc) is 2.70. The van der Waals surface area contributed by atoms with Gasteiger partial charge in [-0.1, -0.05) is 20.3 Å². The molecule has 2 amide bonds. The summed E-state index contributed by atoms with van der Waals surface area (Å²) in [6.07, 6.45) is 6.42. The quantitative estimate of drug-likeness (QED) is 0.728. The van der Waals surface area contributed by atoms with Crippen LogP contribution in [0.25, 0.3) is 0 Å². The van der Waals surface area contributed by atoms with Gasteiger partial charge in [-0.3, -0.25) is 19.3 Å². The third-order valence-electron chi connectivity index (χ3n) is 4.10. The largest absolute Gasteiger partial charge is 0.299 e. The number of ketones is 1. The van der Waals surface area contributed by atoms with Gasteiger partial charge in [0.05, 0.1) is 0 Å². The highest BCUT2D eigenvalue weighted by molar-refractivity contribution is 6.12. The summed E-state index contributed by atoms with van der Waals surface area (Å²) in [5.41, 5.74) is 0. The molecule has 1 aliphatic heterocycles. The Morgan fingerprint density at radius 2 is 1.89 bits per heavy atom. The lowest BCUT2D eigenvalue weighted by molar-refractivity contribution is -0.137. The van der Waals surface area contributed by atoms with Gasteiger partial charge >= 0.3 is 0 Å². The minimum atomic E-state index is -0.220. The SMILES string of the molecule is CC(C)C(=O)C1CCCC(CN2C(=O)C=CC2=O)C1. The summed E-state index contributed by atoms with van der Waals surface area (Å²) in [6.45, 7) is 4.33. The van der Waals surface area contributed by atoms with Crippen molar-refractivity contribution in [2.24, 2.45) is 17.8 Å². The highest BCUT2D eigenvalue weighted by Gasteiger charge is 2.32. The van der Waals surface area contributed by atoms with E-state index in [2.05, 4.69) is 0 Å². The first-order valence-electron chi connectivity index (χ1n) is 7.06. The first kappa shape index (κ1) is 14.0. The molecule has 0 aromatic heterocycles. The fraction of sp³-hybridized carbons (Fsp3) is 0.667. The maximum absolute atomic E-state index is 12.0. The zero-order chi connectivity index (χ0) is 14.0. The first-order chi connectivity index (χ1) is 8.99. The predicted molar refractivity (Wildman–Crippen MR) is 71.2 cm³/mol. The summed E-state index contributed by atoms with van der Waals surface area (Å²) in [5.74, 6) is 0.334. The van der Waals surface area contributed by atoms with Gasteiger partial charge in [-0.05, 0) is 25.2 Å². The van der Waals surface area contributed by atoms with Crippen molar-refractivity contribution in [2.75, 3.05) is 6.54 Å². The zero-order valence-electron chi connectivity index (χ0n) is 11.6. The summed E-state index contributed by atoms with van der Waals surface area (Å²) < 4.78 is 0. The second-order valence-corrected chi connectivity index (χ2v) is 5.91. The predicted octanol–water partition coefficient (Wildman–Crippen LogP) is 1.94. The maximum atomic E-state index is 12.0. The van der Waals surface area contributed by atoms with E-state index >= 15 is 0 Å². The molecular formula is C15H21NO3. The van der Waals surface area contributed by atoms with Crippen molar-refractivity contribution in [3.63, 3.8) is 0 Å². The van der Waals surface area contributed by atoms with Gasteiger partial charge in [-0.25, -0.2) is 0 Å². The van der Waals surface area contributed by atoms with Crippen LogP contribution < -0.4 is 0 Å². The number of nitrogens with zero attached hydrogens (tertiary/aromatic N) is 1. The molecule has 4 heteroatoms. The van der Waals surface area contributed by atoms with Crippen LogP contribution in [-0.2, 0) is 14.4 Å². The van der Waals surface area contributed by atoms with Gasteiger partial charge in [0.25, 0.3) is 11.8 Å². The maximum Gasteiger partial charge on any atom is 0.253 e. The van der Waals surface area contributed by atoms with Crippen LogP contribution in [0, 0.1) is 17.8 Å². The molecule has 1 saturated carbocycles. The number of hydrogen-bond donors (Lipinski definition) is 0. The van der Waals surface area contributed by atoms with Gasteiger partial charge in [-0.2, -0.15) is 0 Å². The van der Waals surface area contributed by atoms with Crippen LogP contribution >= 0.6 is 0 Å². The van der Waals surface area contributed by atoms with E-state index in [1.165, 1.54) is 17.1 Å². The van der Waals surface area contributed by atoms with Crippen LogP contribution in [0.5, 0.6) is 0 Å². The molecule has 0 bridgehead atoms. The van der Waals surface area contributed by atoms with Gasteiger partial charge in [0.1, 0.15) is 5.78 Å². The molecule has 2 rings (SSSR count). The first-order valence-corrected chi connectivity index (χ1v) is 7.06. The molecular weight excluding hydrogens is 242 g/mol. The van der Waals surface area contributed by atoms with E-state index in [4.69, 9.17) is 0 Å². The molecule has 1 heterocycles. The smallest absolute Gasteiger partial charge is 0.253 e.